The molecule has 0 spiro atoms. The van der Waals surface area contributed by atoms with Gasteiger partial charge in [0.05, 0.1) is 16.6 Å². The fraction of sp³-hybridized carbons (Fsp3) is 0.100. The summed E-state index contributed by atoms with van der Waals surface area (Å²) in [5.41, 5.74) is 2.06. The van der Waals surface area contributed by atoms with Crippen LogP contribution in [0.1, 0.15) is 17.4 Å². The maximum absolute atomic E-state index is 12.9. The molecule has 0 aliphatic heterocycles. The number of carbonyl (C=O) groups excluding carboxylic acids is 1. The summed E-state index contributed by atoms with van der Waals surface area (Å²) < 4.78 is 3.32. The van der Waals surface area contributed by atoms with E-state index in [0.717, 1.165) is 0 Å². The molecule has 2 heterocycles. The highest BCUT2D eigenvalue weighted by atomic mass is 32.1. The van der Waals surface area contributed by atoms with Crippen LogP contribution < -0.4 is 10.9 Å². The van der Waals surface area contributed by atoms with Crippen molar-refractivity contribution in [3.05, 3.63) is 81.6 Å². The number of H-pyrrole nitrogens is 1. The largest absolute Gasteiger partial charge is 0.331 e. The lowest BCUT2D eigenvalue weighted by molar-refractivity contribution is 0.101. The van der Waals surface area contributed by atoms with E-state index in [1.54, 1.807) is 53.3 Å². The Kier molecular flexibility index (Phi) is 4.62. The van der Waals surface area contributed by atoms with E-state index in [0.29, 0.717) is 34.5 Å². The minimum Gasteiger partial charge on any atom is -0.331 e. The fourth-order valence-corrected chi connectivity index (χ4v) is 3.39. The van der Waals surface area contributed by atoms with Crippen LogP contribution in [0.4, 0.5) is 5.69 Å². The first-order valence-corrected chi connectivity index (χ1v) is 9.17. The standard InChI is InChI=1S/C20H17N5O2S/c1-2-24-17(10-11-21-24)18(26)22-13-6-5-7-14(12-13)25-19(27)15-8-3-4-9-16(15)23-20(25)28/h3-12H,2H2,1H3,(H,22,26)(H,23,28). The monoisotopic (exact) mass is 391 g/mol. The van der Waals surface area contributed by atoms with Crippen molar-refractivity contribution >= 4 is 34.7 Å². The van der Waals surface area contributed by atoms with Crippen LogP contribution in [0, 0.1) is 4.77 Å². The normalized spacial score (nSPS) is 10.9. The van der Waals surface area contributed by atoms with Crippen molar-refractivity contribution in [2.24, 2.45) is 0 Å². The topological polar surface area (TPSA) is 84.7 Å². The molecule has 2 aromatic heterocycles. The maximum Gasteiger partial charge on any atom is 0.273 e. The first kappa shape index (κ1) is 17.9. The van der Waals surface area contributed by atoms with E-state index in [-0.39, 0.29) is 16.2 Å². The zero-order valence-corrected chi connectivity index (χ0v) is 15.9. The molecule has 0 unspecified atom stereocenters. The third kappa shape index (κ3) is 3.14. The quantitative estimate of drug-likeness (QED) is 0.521. The van der Waals surface area contributed by atoms with E-state index in [9.17, 15) is 9.59 Å². The van der Waals surface area contributed by atoms with Crippen molar-refractivity contribution in [2.45, 2.75) is 13.5 Å². The number of hydrogen-bond donors (Lipinski definition) is 2. The lowest BCUT2D eigenvalue weighted by atomic mass is 10.2. The minimum absolute atomic E-state index is 0.216. The highest BCUT2D eigenvalue weighted by Crippen LogP contribution is 2.16. The number of nitrogens with zero attached hydrogens (tertiary/aromatic N) is 3. The van der Waals surface area contributed by atoms with Crippen LogP contribution in [0.25, 0.3) is 16.6 Å². The molecule has 8 heteroatoms. The summed E-state index contributed by atoms with van der Waals surface area (Å²) in [4.78, 5) is 28.5. The Bertz CT molecular complexity index is 1300. The number of carbonyl (C=O) groups is 1. The van der Waals surface area contributed by atoms with Crippen molar-refractivity contribution in [2.75, 3.05) is 5.32 Å². The summed E-state index contributed by atoms with van der Waals surface area (Å²) in [7, 11) is 0. The molecule has 4 aromatic rings. The van der Waals surface area contributed by atoms with Crippen LogP contribution in [-0.2, 0) is 6.54 Å². The predicted molar refractivity (Wildman–Crippen MR) is 111 cm³/mol. The summed E-state index contributed by atoms with van der Waals surface area (Å²) >= 11 is 5.39. The molecule has 28 heavy (non-hydrogen) atoms. The van der Waals surface area contributed by atoms with Crippen LogP contribution in [0.2, 0.25) is 0 Å². The van der Waals surface area contributed by atoms with Crippen molar-refractivity contribution in [3.8, 4) is 5.69 Å². The Hall–Kier alpha value is -3.52. The molecule has 0 saturated heterocycles. The van der Waals surface area contributed by atoms with E-state index in [1.165, 1.54) is 4.57 Å². The van der Waals surface area contributed by atoms with Gasteiger partial charge >= 0.3 is 0 Å². The number of nitrogens with one attached hydrogen (secondary N) is 2. The molecule has 4 rings (SSSR count). The lowest BCUT2D eigenvalue weighted by Crippen LogP contribution is -2.21. The van der Waals surface area contributed by atoms with Gasteiger partial charge in [-0.3, -0.25) is 18.8 Å². The van der Waals surface area contributed by atoms with Gasteiger partial charge in [0.25, 0.3) is 11.5 Å². The SMILES string of the molecule is CCn1nccc1C(=O)Nc1cccc(-n2c(=S)[nH]c3ccccc3c2=O)c1. The molecule has 0 aliphatic carbocycles. The fourth-order valence-electron chi connectivity index (χ4n) is 3.09. The van der Waals surface area contributed by atoms with Gasteiger partial charge in [-0.1, -0.05) is 18.2 Å². The van der Waals surface area contributed by atoms with Gasteiger partial charge < -0.3 is 10.3 Å². The summed E-state index contributed by atoms with van der Waals surface area (Å²) in [5, 5.41) is 7.49. The smallest absolute Gasteiger partial charge is 0.273 e. The molecular formula is C20H17N5O2S. The molecule has 2 N–H and O–H groups in total. The van der Waals surface area contributed by atoms with E-state index in [2.05, 4.69) is 15.4 Å². The van der Waals surface area contributed by atoms with Gasteiger partial charge in [0.1, 0.15) is 5.69 Å². The second kappa shape index (κ2) is 7.24. The highest BCUT2D eigenvalue weighted by Gasteiger charge is 2.13. The zero-order valence-electron chi connectivity index (χ0n) is 15.0. The van der Waals surface area contributed by atoms with Gasteiger partial charge in [0.2, 0.25) is 0 Å². The first-order valence-electron chi connectivity index (χ1n) is 8.76. The van der Waals surface area contributed by atoms with Crippen molar-refractivity contribution in [3.63, 3.8) is 0 Å². The van der Waals surface area contributed by atoms with Crippen molar-refractivity contribution in [1.82, 2.24) is 19.3 Å². The van der Waals surface area contributed by atoms with Gasteiger partial charge in [-0.15, -0.1) is 0 Å². The molecule has 1 amide bonds. The van der Waals surface area contributed by atoms with E-state index in [4.69, 9.17) is 12.2 Å². The second-order valence-electron chi connectivity index (χ2n) is 6.15. The molecule has 0 radical (unpaired) electrons. The zero-order chi connectivity index (χ0) is 19.7. The lowest BCUT2D eigenvalue weighted by Gasteiger charge is -2.11. The van der Waals surface area contributed by atoms with Crippen LogP contribution in [-0.4, -0.2) is 25.2 Å². The number of benzene rings is 2. The number of aromatic nitrogens is 4. The summed E-state index contributed by atoms with van der Waals surface area (Å²) in [6, 6.07) is 15.9. The molecular weight excluding hydrogens is 374 g/mol. The Balaban J connectivity index is 1.74. The van der Waals surface area contributed by atoms with Gasteiger partial charge in [0.15, 0.2) is 4.77 Å². The van der Waals surface area contributed by atoms with Crippen molar-refractivity contribution in [1.29, 1.82) is 0 Å². The van der Waals surface area contributed by atoms with Crippen LogP contribution >= 0.6 is 12.2 Å². The third-order valence-corrected chi connectivity index (χ3v) is 4.70. The maximum atomic E-state index is 12.9. The molecule has 0 saturated carbocycles. The Morgan fingerprint density at radius 2 is 2.00 bits per heavy atom. The van der Waals surface area contributed by atoms with Crippen LogP contribution in [0.3, 0.4) is 0 Å². The summed E-state index contributed by atoms with van der Waals surface area (Å²) in [6.45, 7) is 2.51. The minimum atomic E-state index is -0.271. The molecule has 0 fully saturated rings. The van der Waals surface area contributed by atoms with Crippen LogP contribution in [0.5, 0.6) is 0 Å². The molecule has 0 aliphatic rings. The molecule has 0 atom stereocenters. The van der Waals surface area contributed by atoms with Gasteiger partial charge in [-0.25, -0.2) is 0 Å². The van der Waals surface area contributed by atoms with Gasteiger partial charge in [0, 0.05) is 18.4 Å². The first-order chi connectivity index (χ1) is 13.6. The number of anilines is 1. The van der Waals surface area contributed by atoms with E-state index < -0.39 is 0 Å². The average Bonchev–Trinajstić information content (AvgIpc) is 3.17. The molecule has 7 nitrogen and oxygen atoms in total. The summed E-state index contributed by atoms with van der Waals surface area (Å²) in [5.74, 6) is -0.271. The third-order valence-electron chi connectivity index (χ3n) is 4.42. The molecule has 0 bridgehead atoms. The van der Waals surface area contributed by atoms with E-state index in [1.807, 2.05) is 19.1 Å². The number of fused-ring (bicyclic) bond motifs is 1. The molecule has 140 valence electrons. The second-order valence-corrected chi connectivity index (χ2v) is 6.54. The average molecular weight is 391 g/mol. The van der Waals surface area contributed by atoms with Crippen molar-refractivity contribution < 1.29 is 4.79 Å². The Morgan fingerprint density at radius 1 is 1.18 bits per heavy atom. The number of aryl methyl sites for hydroxylation is 1. The van der Waals surface area contributed by atoms with Crippen LogP contribution in [0.15, 0.2) is 65.6 Å². The number of rotatable bonds is 4. The Labute approximate surface area is 165 Å². The van der Waals surface area contributed by atoms with Gasteiger partial charge in [-0.05, 0) is 55.5 Å². The number of aromatic amines is 1. The number of amides is 1. The summed E-state index contributed by atoms with van der Waals surface area (Å²) in [6.07, 6.45) is 1.59. The highest BCUT2D eigenvalue weighted by molar-refractivity contribution is 7.71. The number of para-hydroxylation sites is 1. The number of hydrogen-bond acceptors (Lipinski definition) is 4. The van der Waals surface area contributed by atoms with Gasteiger partial charge in [-0.2, -0.15) is 5.10 Å². The molecule has 2 aromatic carbocycles. The Morgan fingerprint density at radius 3 is 2.82 bits per heavy atom. The predicted octanol–water partition coefficient (Wildman–Crippen LogP) is 3.52. The van der Waals surface area contributed by atoms with E-state index >= 15 is 0 Å².